The number of anilines is 1. The summed E-state index contributed by atoms with van der Waals surface area (Å²) in [6, 6.07) is -2.28. The summed E-state index contributed by atoms with van der Waals surface area (Å²) in [7, 11) is -4.60. The van der Waals surface area contributed by atoms with Crippen molar-refractivity contribution in [3.63, 3.8) is 0 Å². The highest BCUT2D eigenvalue weighted by Gasteiger charge is 2.19. The van der Waals surface area contributed by atoms with E-state index in [9.17, 15) is 8.42 Å². The fourth-order valence-corrected chi connectivity index (χ4v) is 3.17. The number of nitrogens with zero attached hydrogens (tertiary/aromatic N) is 4. The number of ether oxygens (including phenoxy) is 2. The predicted octanol–water partition coefficient (Wildman–Crippen LogP) is 3.12. The molecular formula is C20H23BrN6O4S. The Morgan fingerprint density at radius 3 is 2.47 bits per heavy atom. The number of nitrogens with one attached hydrogen (secondary N) is 2. The third-order valence-corrected chi connectivity index (χ3v) is 4.73. The average molecular weight is 531 g/mol. The maximum absolute atomic E-state index is 12.7. The summed E-state index contributed by atoms with van der Waals surface area (Å²) in [5.74, 6) is -0.849. The maximum atomic E-state index is 12.7. The first-order valence-corrected chi connectivity index (χ1v) is 11.4. The van der Waals surface area contributed by atoms with E-state index in [0.717, 1.165) is 6.33 Å². The Kier molecular flexibility index (Phi) is 5.26. The van der Waals surface area contributed by atoms with Crippen LogP contribution >= 0.6 is 15.9 Å². The lowest BCUT2D eigenvalue weighted by molar-refractivity contribution is 0.202. The minimum absolute atomic E-state index is 0.125. The molecule has 0 saturated carbocycles. The van der Waals surface area contributed by atoms with Gasteiger partial charge in [-0.1, -0.05) is 34.9 Å². The molecule has 0 fully saturated rings. The Hall–Kier alpha value is -2.83. The van der Waals surface area contributed by atoms with Crippen molar-refractivity contribution in [2.24, 2.45) is 0 Å². The molecule has 1 aromatic carbocycles. The standard InChI is InChI=1S/C20H23BrN6O4S/c1-3-8-26-32(28,29)27-18-17(15-4-6-16(21)7-5-15)19(25-13-24-18)30-9-10-31-20-22-11-14(2)12-23-20/h4-7,11-13,26H,3,8-10H2,1-2H3,(H,24,25,27)/i4D,5D,6D,7D,8D2,11D,12D. The zero-order valence-electron chi connectivity index (χ0n) is 24.9. The minimum atomic E-state index is -4.60. The van der Waals surface area contributed by atoms with Gasteiger partial charge in [-0.2, -0.15) is 13.1 Å². The quantitative estimate of drug-likeness (QED) is 0.362. The molecule has 0 atom stereocenters. The van der Waals surface area contributed by atoms with Crippen molar-refractivity contribution >= 4 is 32.0 Å². The topological polar surface area (TPSA) is 128 Å². The number of aromatic nitrogens is 4. The predicted molar refractivity (Wildman–Crippen MR) is 124 cm³/mol. The minimum Gasteiger partial charge on any atom is -0.473 e. The van der Waals surface area contributed by atoms with Crippen LogP contribution in [0.2, 0.25) is 0 Å². The van der Waals surface area contributed by atoms with Crippen molar-refractivity contribution in [2.75, 3.05) is 24.4 Å². The molecule has 32 heavy (non-hydrogen) atoms. The molecule has 0 bridgehead atoms. The highest BCUT2D eigenvalue weighted by Crippen LogP contribution is 2.34. The molecule has 0 amide bonds. The van der Waals surface area contributed by atoms with E-state index < -0.39 is 46.7 Å². The van der Waals surface area contributed by atoms with Gasteiger partial charge >= 0.3 is 6.01 Å². The zero-order chi connectivity index (χ0) is 30.0. The summed E-state index contributed by atoms with van der Waals surface area (Å²) in [6.07, 6.45) is 0.345. The first kappa shape index (κ1) is 15.1. The van der Waals surface area contributed by atoms with E-state index in [2.05, 4.69) is 40.6 Å². The molecule has 0 aliphatic carbocycles. The lowest BCUT2D eigenvalue weighted by Crippen LogP contribution is -2.31. The van der Waals surface area contributed by atoms with Gasteiger partial charge in [0.15, 0.2) is 5.82 Å². The van der Waals surface area contributed by atoms with Crippen LogP contribution in [0.25, 0.3) is 11.1 Å². The number of benzene rings is 1. The maximum Gasteiger partial charge on any atom is 0.316 e. The van der Waals surface area contributed by atoms with Crippen LogP contribution in [0.4, 0.5) is 5.82 Å². The highest BCUT2D eigenvalue weighted by atomic mass is 79.9. The number of rotatable bonds is 11. The van der Waals surface area contributed by atoms with Crippen molar-refractivity contribution in [3.05, 3.63) is 52.9 Å². The van der Waals surface area contributed by atoms with Crippen molar-refractivity contribution in [1.82, 2.24) is 24.7 Å². The SMILES string of the molecule is [2H]c1nc(OCCOc2ncnc(NS(=O)(=O)NC([2H])([2H])CC)c2-c2c([2H])c([2H])c(Br)c([2H])c2[2H])nc([2H])c1C. The van der Waals surface area contributed by atoms with Crippen LogP contribution < -0.4 is 18.9 Å². The van der Waals surface area contributed by atoms with Gasteiger partial charge in [0.25, 0.3) is 10.2 Å². The second-order valence-corrected chi connectivity index (χ2v) is 8.09. The van der Waals surface area contributed by atoms with E-state index in [1.54, 1.807) is 0 Å². The monoisotopic (exact) mass is 530 g/mol. The van der Waals surface area contributed by atoms with Crippen molar-refractivity contribution in [2.45, 2.75) is 20.3 Å². The van der Waals surface area contributed by atoms with Crippen molar-refractivity contribution in [1.29, 1.82) is 0 Å². The fraction of sp³-hybridized carbons (Fsp3) is 0.300. The third-order valence-electron chi connectivity index (χ3n) is 3.46. The van der Waals surface area contributed by atoms with E-state index in [0.29, 0.717) is 0 Å². The highest BCUT2D eigenvalue weighted by molar-refractivity contribution is 9.10. The van der Waals surface area contributed by atoms with E-state index in [1.807, 2.05) is 4.72 Å². The number of hydrogen-bond acceptors (Lipinski definition) is 8. The van der Waals surface area contributed by atoms with E-state index >= 15 is 0 Å². The lowest BCUT2D eigenvalue weighted by atomic mass is 10.1. The van der Waals surface area contributed by atoms with Gasteiger partial charge in [-0.25, -0.2) is 19.9 Å². The molecular weight excluding hydrogens is 500 g/mol. The van der Waals surface area contributed by atoms with Crippen LogP contribution in [0.15, 0.2) is 47.3 Å². The molecule has 0 aliphatic rings. The Morgan fingerprint density at radius 2 is 1.78 bits per heavy atom. The fourth-order valence-electron chi connectivity index (χ4n) is 2.17. The summed E-state index contributed by atoms with van der Waals surface area (Å²) < 4.78 is 104. The molecule has 3 aromatic rings. The van der Waals surface area contributed by atoms with Crippen LogP contribution in [0, 0.1) is 6.92 Å². The number of halogens is 1. The molecule has 0 unspecified atom stereocenters. The Balaban J connectivity index is 2.03. The normalized spacial score (nSPS) is 15.2. The average Bonchev–Trinajstić information content (AvgIpc) is 2.87. The Labute approximate surface area is 206 Å². The summed E-state index contributed by atoms with van der Waals surface area (Å²) in [6.45, 7) is 0.131. The van der Waals surface area contributed by atoms with Gasteiger partial charge in [0.2, 0.25) is 5.88 Å². The van der Waals surface area contributed by atoms with Crippen LogP contribution in [0.1, 0.15) is 29.9 Å². The van der Waals surface area contributed by atoms with Gasteiger partial charge in [0.1, 0.15) is 19.5 Å². The van der Waals surface area contributed by atoms with Gasteiger partial charge in [-0.15, -0.1) is 0 Å². The molecule has 0 aliphatic heterocycles. The van der Waals surface area contributed by atoms with E-state index in [1.165, 1.54) is 13.8 Å². The van der Waals surface area contributed by atoms with Crippen LogP contribution in [-0.4, -0.2) is 48.1 Å². The van der Waals surface area contributed by atoms with Gasteiger partial charge < -0.3 is 9.47 Å². The van der Waals surface area contributed by atoms with Crippen molar-refractivity contribution < 1.29 is 28.9 Å². The van der Waals surface area contributed by atoms with Crippen LogP contribution in [-0.2, 0) is 10.2 Å². The molecule has 2 N–H and O–H groups in total. The molecule has 3 rings (SSSR count). The molecule has 0 saturated heterocycles. The third kappa shape index (κ3) is 6.84. The molecule has 0 radical (unpaired) electrons. The van der Waals surface area contributed by atoms with E-state index in [-0.39, 0.29) is 65.0 Å². The smallest absolute Gasteiger partial charge is 0.316 e. The van der Waals surface area contributed by atoms with Crippen LogP contribution in [0.3, 0.4) is 0 Å². The molecule has 0 spiro atoms. The second-order valence-electron chi connectivity index (χ2n) is 5.88. The molecule has 10 nitrogen and oxygen atoms in total. The van der Waals surface area contributed by atoms with Gasteiger partial charge in [0, 0.05) is 26.1 Å². The van der Waals surface area contributed by atoms with Gasteiger partial charge in [-0.3, -0.25) is 4.72 Å². The first-order valence-electron chi connectivity index (χ1n) is 13.1. The zero-order valence-corrected chi connectivity index (χ0v) is 19.3. The summed E-state index contributed by atoms with van der Waals surface area (Å²) in [5.41, 5.74) is -0.464. The molecule has 12 heteroatoms. The largest absolute Gasteiger partial charge is 0.473 e. The molecule has 2 aromatic heterocycles. The Bertz CT molecular complexity index is 1500. The van der Waals surface area contributed by atoms with E-state index in [4.69, 9.17) is 20.4 Å². The lowest BCUT2D eigenvalue weighted by Gasteiger charge is -2.15. The summed E-state index contributed by atoms with van der Waals surface area (Å²) >= 11 is 3.01. The second kappa shape index (κ2) is 11.2. The van der Waals surface area contributed by atoms with Crippen molar-refractivity contribution in [3.8, 4) is 23.0 Å². The molecule has 170 valence electrons. The Morgan fingerprint density at radius 1 is 1.09 bits per heavy atom. The summed E-state index contributed by atoms with van der Waals surface area (Å²) in [5, 5.41) is 0. The summed E-state index contributed by atoms with van der Waals surface area (Å²) in [4.78, 5) is 15.5. The first-order chi connectivity index (χ1) is 18.6. The molecule has 2 heterocycles. The van der Waals surface area contributed by atoms with Gasteiger partial charge in [-0.05, 0) is 36.6 Å². The van der Waals surface area contributed by atoms with Crippen LogP contribution in [0.5, 0.6) is 11.9 Å². The van der Waals surface area contributed by atoms with Gasteiger partial charge in [0.05, 0.1) is 13.8 Å². The number of hydrogen-bond donors (Lipinski definition) is 2.